The third-order valence-electron chi connectivity index (χ3n) is 4.01. The second-order valence-corrected chi connectivity index (χ2v) is 6.90. The second-order valence-electron chi connectivity index (χ2n) is 5.95. The fraction of sp³-hybridized carbons (Fsp3) is 0.412. The maximum atomic E-state index is 12.9. The maximum Gasteiger partial charge on any atom is 0.228 e. The van der Waals surface area contributed by atoms with Crippen LogP contribution in [-0.2, 0) is 17.6 Å². The number of piperidine rings is 1. The highest BCUT2D eigenvalue weighted by Crippen LogP contribution is 2.17. The Kier molecular flexibility index (Phi) is 8.79. The summed E-state index contributed by atoms with van der Waals surface area (Å²) in [5, 5.41) is 2.87. The number of nitrogens with two attached hydrogens (primary N) is 1. The van der Waals surface area contributed by atoms with Gasteiger partial charge in [0.15, 0.2) is 0 Å². The van der Waals surface area contributed by atoms with Crippen molar-refractivity contribution in [2.24, 2.45) is 5.73 Å². The molecule has 8 heteroatoms. The smallest absolute Gasteiger partial charge is 0.228 e. The number of rotatable bonds is 4. The molecule has 2 N–H and O–H groups in total. The van der Waals surface area contributed by atoms with E-state index in [1.165, 1.54) is 23.5 Å². The minimum absolute atomic E-state index is 0. The van der Waals surface area contributed by atoms with Crippen LogP contribution < -0.4 is 5.73 Å². The van der Waals surface area contributed by atoms with Gasteiger partial charge in [0.05, 0.1) is 17.1 Å². The average molecular weight is 406 g/mol. The van der Waals surface area contributed by atoms with Crippen LogP contribution in [0.2, 0.25) is 0 Å². The van der Waals surface area contributed by atoms with E-state index in [-0.39, 0.29) is 42.6 Å². The van der Waals surface area contributed by atoms with Crippen LogP contribution in [-0.4, -0.2) is 34.9 Å². The van der Waals surface area contributed by atoms with E-state index in [1.807, 2.05) is 10.3 Å². The molecular weight excluding hydrogens is 384 g/mol. The van der Waals surface area contributed by atoms with Crippen molar-refractivity contribution in [3.63, 3.8) is 0 Å². The maximum absolute atomic E-state index is 12.9. The molecule has 1 aliphatic heterocycles. The summed E-state index contributed by atoms with van der Waals surface area (Å²) < 4.78 is 12.9. The number of benzene rings is 1. The molecule has 2 aromatic rings. The summed E-state index contributed by atoms with van der Waals surface area (Å²) in [6.45, 7) is 1.44. The first-order valence-electron chi connectivity index (χ1n) is 7.81. The van der Waals surface area contributed by atoms with E-state index in [0.717, 1.165) is 35.7 Å². The molecule has 3 rings (SSSR count). The number of carbonyl (C=O) groups excluding carboxylic acids is 1. The molecule has 1 atom stereocenters. The molecule has 1 aromatic heterocycles. The van der Waals surface area contributed by atoms with Crippen molar-refractivity contribution in [1.29, 1.82) is 0 Å². The number of nitrogens with zero attached hydrogens (tertiary/aromatic N) is 2. The van der Waals surface area contributed by atoms with Crippen LogP contribution in [0.5, 0.6) is 0 Å². The topological polar surface area (TPSA) is 59.2 Å². The van der Waals surface area contributed by atoms with Crippen molar-refractivity contribution in [3.8, 4) is 0 Å². The number of amides is 1. The Morgan fingerprint density at radius 3 is 2.72 bits per heavy atom. The van der Waals surface area contributed by atoms with Crippen molar-refractivity contribution in [3.05, 3.63) is 51.7 Å². The first-order valence-corrected chi connectivity index (χ1v) is 8.69. The minimum Gasteiger partial charge on any atom is -0.341 e. The van der Waals surface area contributed by atoms with Crippen molar-refractivity contribution >= 4 is 42.1 Å². The molecule has 1 amide bonds. The Hall–Kier alpha value is -1.21. The lowest BCUT2D eigenvalue weighted by Gasteiger charge is -2.30. The van der Waals surface area contributed by atoms with Crippen LogP contribution in [0.25, 0.3) is 0 Å². The number of hydrogen-bond acceptors (Lipinski definition) is 4. The Labute approximate surface area is 163 Å². The van der Waals surface area contributed by atoms with Gasteiger partial charge in [0.1, 0.15) is 5.82 Å². The first kappa shape index (κ1) is 21.8. The van der Waals surface area contributed by atoms with Crippen molar-refractivity contribution in [2.45, 2.75) is 31.7 Å². The monoisotopic (exact) mass is 405 g/mol. The summed E-state index contributed by atoms with van der Waals surface area (Å²) in [6.07, 6.45) is 2.95. The van der Waals surface area contributed by atoms with Gasteiger partial charge in [-0.15, -0.1) is 36.2 Å². The number of likely N-dealkylation sites (tertiary alicyclic amines) is 1. The fourth-order valence-corrected chi connectivity index (χ4v) is 3.62. The molecule has 0 aliphatic carbocycles. The SMILES string of the molecule is Cl.Cl.NC1CCCN(C(=O)Cc2csc(Cc3ccc(F)cc3)n2)C1. The van der Waals surface area contributed by atoms with Crippen LogP contribution in [0, 0.1) is 5.82 Å². The molecule has 0 spiro atoms. The van der Waals surface area contributed by atoms with Gasteiger partial charge in [0.2, 0.25) is 5.91 Å². The van der Waals surface area contributed by atoms with E-state index < -0.39 is 0 Å². The highest BCUT2D eigenvalue weighted by atomic mass is 35.5. The number of halogens is 3. The molecule has 1 unspecified atom stereocenters. The zero-order valence-corrected chi connectivity index (χ0v) is 16.1. The number of aromatic nitrogens is 1. The molecule has 138 valence electrons. The Morgan fingerprint density at radius 1 is 1.32 bits per heavy atom. The van der Waals surface area contributed by atoms with E-state index in [1.54, 1.807) is 12.1 Å². The predicted molar refractivity (Wildman–Crippen MR) is 103 cm³/mol. The second kappa shape index (κ2) is 10.1. The van der Waals surface area contributed by atoms with Gasteiger partial charge in [-0.05, 0) is 30.5 Å². The zero-order chi connectivity index (χ0) is 16.2. The summed E-state index contributed by atoms with van der Waals surface area (Å²) in [5.41, 5.74) is 7.74. The van der Waals surface area contributed by atoms with E-state index in [0.29, 0.717) is 19.4 Å². The third kappa shape index (κ3) is 6.22. The van der Waals surface area contributed by atoms with Crippen LogP contribution in [0.15, 0.2) is 29.6 Å². The minimum atomic E-state index is -0.237. The Morgan fingerprint density at radius 2 is 2.04 bits per heavy atom. The van der Waals surface area contributed by atoms with E-state index >= 15 is 0 Å². The van der Waals surface area contributed by atoms with Gasteiger partial charge >= 0.3 is 0 Å². The third-order valence-corrected chi connectivity index (χ3v) is 4.91. The summed E-state index contributed by atoms with van der Waals surface area (Å²) in [5.74, 6) is -0.141. The van der Waals surface area contributed by atoms with E-state index in [4.69, 9.17) is 5.73 Å². The molecule has 0 radical (unpaired) electrons. The number of carbonyl (C=O) groups is 1. The summed E-state index contributed by atoms with van der Waals surface area (Å²) >= 11 is 1.54. The molecule has 0 saturated carbocycles. The normalized spacial score (nSPS) is 16.7. The average Bonchev–Trinajstić information content (AvgIpc) is 2.96. The molecule has 1 aliphatic rings. The zero-order valence-electron chi connectivity index (χ0n) is 13.7. The largest absolute Gasteiger partial charge is 0.341 e. The van der Waals surface area contributed by atoms with Crippen LogP contribution >= 0.6 is 36.2 Å². The lowest BCUT2D eigenvalue weighted by Crippen LogP contribution is -2.46. The van der Waals surface area contributed by atoms with Crippen LogP contribution in [0.3, 0.4) is 0 Å². The fourth-order valence-electron chi connectivity index (χ4n) is 2.79. The van der Waals surface area contributed by atoms with Gasteiger partial charge in [-0.25, -0.2) is 9.37 Å². The lowest BCUT2D eigenvalue weighted by atomic mass is 10.1. The van der Waals surface area contributed by atoms with E-state index in [2.05, 4.69) is 4.98 Å². The number of thiazole rings is 1. The Balaban J connectivity index is 0.00000156. The summed E-state index contributed by atoms with van der Waals surface area (Å²) in [6, 6.07) is 6.52. The van der Waals surface area contributed by atoms with E-state index in [9.17, 15) is 9.18 Å². The molecule has 1 saturated heterocycles. The van der Waals surface area contributed by atoms with Crippen molar-refractivity contribution in [1.82, 2.24) is 9.88 Å². The predicted octanol–water partition coefficient (Wildman–Crippen LogP) is 3.21. The molecule has 1 aromatic carbocycles. The Bertz CT molecular complexity index is 681. The first-order chi connectivity index (χ1) is 11.1. The standard InChI is InChI=1S/C17H20FN3OS.2ClH/c18-13-5-3-12(4-6-13)8-16-20-15(11-23-16)9-17(22)21-7-1-2-14(19)10-21;;/h3-6,11,14H,1-2,7-10,19H2;2*1H. The van der Waals surface area contributed by atoms with Gasteiger partial charge in [-0.3, -0.25) is 4.79 Å². The van der Waals surface area contributed by atoms with Gasteiger partial charge in [0, 0.05) is 30.9 Å². The summed E-state index contributed by atoms with van der Waals surface area (Å²) in [4.78, 5) is 18.7. The number of hydrogen-bond donors (Lipinski definition) is 1. The molecular formula is C17H22Cl2FN3OS. The van der Waals surface area contributed by atoms with Crippen molar-refractivity contribution in [2.75, 3.05) is 13.1 Å². The van der Waals surface area contributed by atoms with Crippen molar-refractivity contribution < 1.29 is 9.18 Å². The quantitative estimate of drug-likeness (QED) is 0.849. The van der Waals surface area contributed by atoms with Gasteiger partial charge in [-0.2, -0.15) is 0 Å². The molecule has 0 bridgehead atoms. The van der Waals surface area contributed by atoms with Crippen LogP contribution in [0.4, 0.5) is 4.39 Å². The molecule has 4 nitrogen and oxygen atoms in total. The van der Waals surface area contributed by atoms with Gasteiger partial charge in [-0.1, -0.05) is 12.1 Å². The highest BCUT2D eigenvalue weighted by Gasteiger charge is 2.21. The van der Waals surface area contributed by atoms with Crippen LogP contribution in [0.1, 0.15) is 29.1 Å². The lowest BCUT2D eigenvalue weighted by molar-refractivity contribution is -0.131. The highest BCUT2D eigenvalue weighted by molar-refractivity contribution is 7.09. The van der Waals surface area contributed by atoms with Gasteiger partial charge < -0.3 is 10.6 Å². The van der Waals surface area contributed by atoms with Gasteiger partial charge in [0.25, 0.3) is 0 Å². The summed E-state index contributed by atoms with van der Waals surface area (Å²) in [7, 11) is 0. The molecule has 2 heterocycles. The molecule has 1 fully saturated rings. The molecule has 25 heavy (non-hydrogen) atoms.